The predicted molar refractivity (Wildman–Crippen MR) is 94.8 cm³/mol. The summed E-state index contributed by atoms with van der Waals surface area (Å²) in [6.45, 7) is 0.211. The first kappa shape index (κ1) is 18.6. The lowest BCUT2D eigenvalue weighted by atomic mass is 10.1. The van der Waals surface area contributed by atoms with Gasteiger partial charge in [-0.2, -0.15) is 0 Å². The highest BCUT2D eigenvalue weighted by molar-refractivity contribution is 7.89. The Morgan fingerprint density at radius 1 is 1.31 bits per heavy atom. The Morgan fingerprint density at radius 2 is 2.00 bits per heavy atom. The maximum absolute atomic E-state index is 12.6. The van der Waals surface area contributed by atoms with Crippen LogP contribution in [0.5, 0.6) is 0 Å². The van der Waals surface area contributed by atoms with Crippen molar-refractivity contribution in [3.05, 3.63) is 42.2 Å². The van der Waals surface area contributed by atoms with Crippen LogP contribution in [0.3, 0.4) is 0 Å². The van der Waals surface area contributed by atoms with Gasteiger partial charge in [0.1, 0.15) is 5.69 Å². The number of β-amino-alcohol motifs (C(OH)–C–C–N with tert-alkyl or cyclic N) is 1. The van der Waals surface area contributed by atoms with Crippen LogP contribution in [0.2, 0.25) is 0 Å². The molecule has 3 rings (SSSR count). The summed E-state index contributed by atoms with van der Waals surface area (Å²) in [7, 11) is -0.573. The summed E-state index contributed by atoms with van der Waals surface area (Å²) in [6, 6.07) is 10.9. The molecule has 1 aromatic heterocycles. The second-order valence-electron chi connectivity index (χ2n) is 6.54. The van der Waals surface area contributed by atoms with Crippen LogP contribution in [-0.2, 0) is 10.0 Å². The van der Waals surface area contributed by atoms with E-state index in [4.69, 9.17) is 4.52 Å². The van der Waals surface area contributed by atoms with Crippen molar-refractivity contribution in [2.75, 3.05) is 32.9 Å². The number of aromatic nitrogens is 1. The maximum Gasteiger partial charge on any atom is 0.292 e. The summed E-state index contributed by atoms with van der Waals surface area (Å²) in [5, 5.41) is 14.1. The van der Waals surface area contributed by atoms with Crippen molar-refractivity contribution < 1.29 is 22.8 Å². The Morgan fingerprint density at radius 3 is 2.65 bits per heavy atom. The Hall–Kier alpha value is -2.23. The third-order valence-corrected chi connectivity index (χ3v) is 6.43. The molecule has 2 heterocycles. The Bertz CT molecular complexity index is 879. The molecule has 0 unspecified atom stereocenters. The lowest BCUT2D eigenvalue weighted by Crippen LogP contribution is -2.33. The van der Waals surface area contributed by atoms with Crippen LogP contribution >= 0.6 is 0 Å². The van der Waals surface area contributed by atoms with Crippen molar-refractivity contribution in [2.24, 2.45) is 5.92 Å². The second kappa shape index (κ2) is 7.18. The average molecular weight is 379 g/mol. The lowest BCUT2D eigenvalue weighted by Gasteiger charge is -2.17. The summed E-state index contributed by atoms with van der Waals surface area (Å²) in [5.41, 5.74) is 1.37. The van der Waals surface area contributed by atoms with Crippen LogP contribution in [0, 0.1) is 5.92 Å². The normalized spacial score (nSPS) is 20.7. The first-order valence-electron chi connectivity index (χ1n) is 8.17. The molecule has 2 aromatic rings. The molecule has 1 saturated heterocycles. The zero-order valence-electron chi connectivity index (χ0n) is 14.6. The average Bonchev–Trinajstić information content (AvgIpc) is 3.22. The fourth-order valence-electron chi connectivity index (χ4n) is 2.88. The molecule has 0 radical (unpaired) electrons. The Balaban J connectivity index is 1.71. The lowest BCUT2D eigenvalue weighted by molar-refractivity contribution is 0.0724. The number of sulfonamides is 1. The smallest absolute Gasteiger partial charge is 0.292 e. The van der Waals surface area contributed by atoms with E-state index in [9.17, 15) is 18.3 Å². The molecule has 140 valence electrons. The van der Waals surface area contributed by atoms with Crippen molar-refractivity contribution >= 4 is 15.9 Å². The summed E-state index contributed by atoms with van der Waals surface area (Å²) in [6.07, 6.45) is -0.898. The number of carbonyl (C=O) groups excluding carboxylic acids is 1. The van der Waals surface area contributed by atoms with Crippen LogP contribution in [0.25, 0.3) is 11.3 Å². The SMILES string of the molecule is CN(C)S(=O)(=O)C[C@@H]1CN(C(=O)c2cc(-c3ccccc3)no2)C[C@@H]1O. The van der Waals surface area contributed by atoms with E-state index in [-0.39, 0.29) is 24.6 Å². The summed E-state index contributed by atoms with van der Waals surface area (Å²) in [5.74, 6) is -1.10. The van der Waals surface area contributed by atoms with E-state index >= 15 is 0 Å². The number of nitrogens with zero attached hydrogens (tertiary/aromatic N) is 3. The van der Waals surface area contributed by atoms with Crippen molar-refractivity contribution in [1.29, 1.82) is 0 Å². The molecule has 0 spiro atoms. The number of carbonyl (C=O) groups is 1. The van der Waals surface area contributed by atoms with Gasteiger partial charge in [0.15, 0.2) is 0 Å². The van der Waals surface area contributed by atoms with Gasteiger partial charge in [-0.15, -0.1) is 0 Å². The number of likely N-dealkylation sites (tertiary alicyclic amines) is 1. The molecule has 1 aliphatic rings. The first-order chi connectivity index (χ1) is 12.3. The van der Waals surface area contributed by atoms with Crippen LogP contribution < -0.4 is 0 Å². The van der Waals surface area contributed by atoms with Gasteiger partial charge in [0.25, 0.3) is 5.91 Å². The number of aliphatic hydroxyl groups is 1. The van der Waals surface area contributed by atoms with E-state index in [1.54, 1.807) is 6.07 Å². The third kappa shape index (κ3) is 3.79. The molecular weight excluding hydrogens is 358 g/mol. The monoisotopic (exact) mass is 379 g/mol. The summed E-state index contributed by atoms with van der Waals surface area (Å²) < 4.78 is 30.3. The van der Waals surface area contributed by atoms with E-state index in [0.717, 1.165) is 9.87 Å². The van der Waals surface area contributed by atoms with Crippen molar-refractivity contribution in [3.8, 4) is 11.3 Å². The minimum atomic E-state index is -3.46. The zero-order chi connectivity index (χ0) is 18.9. The largest absolute Gasteiger partial charge is 0.391 e. The maximum atomic E-state index is 12.6. The van der Waals surface area contributed by atoms with Gasteiger partial charge in [-0.25, -0.2) is 12.7 Å². The summed E-state index contributed by atoms with van der Waals surface area (Å²) >= 11 is 0. The van der Waals surface area contributed by atoms with Crippen molar-refractivity contribution in [1.82, 2.24) is 14.4 Å². The fourth-order valence-corrected chi connectivity index (χ4v) is 4.05. The van der Waals surface area contributed by atoms with Gasteiger partial charge in [0.05, 0.1) is 11.9 Å². The van der Waals surface area contributed by atoms with Crippen LogP contribution in [0.4, 0.5) is 0 Å². The van der Waals surface area contributed by atoms with E-state index in [1.807, 2.05) is 30.3 Å². The number of benzene rings is 1. The number of aliphatic hydroxyl groups excluding tert-OH is 1. The molecule has 1 aromatic carbocycles. The standard InChI is InChI=1S/C17H21N3O5S/c1-19(2)26(23,24)11-13-9-20(10-15(13)21)17(22)16-8-14(18-25-16)12-6-4-3-5-7-12/h3-8,13,15,21H,9-11H2,1-2H3/t13-,15-/m0/s1. The van der Waals surface area contributed by atoms with Gasteiger partial charge in [0.2, 0.25) is 15.8 Å². The Kier molecular flexibility index (Phi) is 5.12. The van der Waals surface area contributed by atoms with E-state index in [0.29, 0.717) is 5.69 Å². The fraction of sp³-hybridized carbons (Fsp3) is 0.412. The number of rotatable bonds is 5. The van der Waals surface area contributed by atoms with Gasteiger partial charge in [0, 0.05) is 44.7 Å². The van der Waals surface area contributed by atoms with Crippen LogP contribution in [0.15, 0.2) is 40.9 Å². The van der Waals surface area contributed by atoms with E-state index < -0.39 is 28.0 Å². The molecule has 2 atom stereocenters. The predicted octanol–water partition coefficient (Wildman–Crippen LogP) is 0.666. The van der Waals surface area contributed by atoms with Crippen LogP contribution in [0.1, 0.15) is 10.6 Å². The van der Waals surface area contributed by atoms with Gasteiger partial charge in [-0.3, -0.25) is 4.79 Å². The highest BCUT2D eigenvalue weighted by Gasteiger charge is 2.38. The highest BCUT2D eigenvalue weighted by Crippen LogP contribution is 2.24. The molecule has 1 fully saturated rings. The molecule has 0 bridgehead atoms. The highest BCUT2D eigenvalue weighted by atomic mass is 32.2. The third-order valence-electron chi connectivity index (χ3n) is 4.47. The molecule has 1 N–H and O–H groups in total. The Labute approximate surface area is 152 Å². The quantitative estimate of drug-likeness (QED) is 0.819. The molecule has 8 nitrogen and oxygen atoms in total. The number of amides is 1. The van der Waals surface area contributed by atoms with Crippen molar-refractivity contribution in [3.63, 3.8) is 0 Å². The molecule has 9 heteroatoms. The minimum absolute atomic E-state index is 0.0622. The minimum Gasteiger partial charge on any atom is -0.391 e. The van der Waals surface area contributed by atoms with Gasteiger partial charge in [-0.05, 0) is 0 Å². The number of hydrogen-bond acceptors (Lipinski definition) is 6. The van der Waals surface area contributed by atoms with E-state index in [1.165, 1.54) is 19.0 Å². The zero-order valence-corrected chi connectivity index (χ0v) is 15.4. The first-order valence-corrected chi connectivity index (χ1v) is 9.78. The van der Waals surface area contributed by atoms with E-state index in [2.05, 4.69) is 5.16 Å². The molecule has 1 aliphatic heterocycles. The van der Waals surface area contributed by atoms with Crippen molar-refractivity contribution in [2.45, 2.75) is 6.10 Å². The molecule has 26 heavy (non-hydrogen) atoms. The molecule has 0 saturated carbocycles. The van der Waals surface area contributed by atoms with Gasteiger partial charge in [-0.1, -0.05) is 35.5 Å². The van der Waals surface area contributed by atoms with Gasteiger partial charge < -0.3 is 14.5 Å². The van der Waals surface area contributed by atoms with Crippen LogP contribution in [-0.4, -0.2) is 72.8 Å². The summed E-state index contributed by atoms with van der Waals surface area (Å²) in [4.78, 5) is 14.0. The molecular formula is C17H21N3O5S. The number of hydrogen-bond donors (Lipinski definition) is 1. The topological polar surface area (TPSA) is 104 Å². The van der Waals surface area contributed by atoms with Gasteiger partial charge >= 0.3 is 0 Å². The molecule has 0 aliphatic carbocycles. The molecule has 1 amide bonds. The second-order valence-corrected chi connectivity index (χ2v) is 8.77.